The monoisotopic (exact) mass is 242 g/mol. The van der Waals surface area contributed by atoms with Crippen molar-refractivity contribution in [2.45, 2.75) is 19.5 Å². The average molecular weight is 242 g/mol. The maximum absolute atomic E-state index is 3.98. The first kappa shape index (κ1) is 11.3. The van der Waals surface area contributed by atoms with Crippen molar-refractivity contribution in [2.75, 3.05) is 18.9 Å². The van der Waals surface area contributed by atoms with Crippen LogP contribution < -0.4 is 5.32 Å². The molecule has 2 N–H and O–H groups in total. The summed E-state index contributed by atoms with van der Waals surface area (Å²) in [6.45, 7) is 2.91. The molecule has 0 unspecified atom stereocenters. The predicted octanol–water partition coefficient (Wildman–Crippen LogP) is 2.01. The van der Waals surface area contributed by atoms with Crippen LogP contribution in [-0.4, -0.2) is 28.7 Å². The number of nitrogens with one attached hydrogen (secondary N) is 2. The molecule has 0 saturated carbocycles. The summed E-state index contributed by atoms with van der Waals surface area (Å²) < 4.78 is 0. The molecule has 0 fully saturated rings. The lowest BCUT2D eigenvalue weighted by molar-refractivity contribution is 0.315. The van der Waals surface area contributed by atoms with Gasteiger partial charge in [0.1, 0.15) is 0 Å². The van der Waals surface area contributed by atoms with E-state index in [1.54, 1.807) is 6.20 Å². The second kappa shape index (κ2) is 4.82. The molecule has 94 valence electrons. The highest BCUT2D eigenvalue weighted by Gasteiger charge is 2.14. The Morgan fingerprint density at radius 2 is 2.22 bits per heavy atom. The average Bonchev–Trinajstić information content (AvgIpc) is 2.99. The lowest BCUT2D eigenvalue weighted by atomic mass is 10.1. The molecule has 1 aliphatic heterocycles. The van der Waals surface area contributed by atoms with Gasteiger partial charge in [0.2, 0.25) is 0 Å². The van der Waals surface area contributed by atoms with Crippen molar-refractivity contribution >= 4 is 5.69 Å². The van der Waals surface area contributed by atoms with E-state index in [1.807, 2.05) is 6.07 Å². The van der Waals surface area contributed by atoms with E-state index in [0.717, 1.165) is 31.7 Å². The number of anilines is 1. The highest BCUT2D eigenvalue weighted by Crippen LogP contribution is 2.27. The molecule has 1 aromatic carbocycles. The van der Waals surface area contributed by atoms with Crippen LogP contribution in [0.1, 0.15) is 16.8 Å². The summed E-state index contributed by atoms with van der Waals surface area (Å²) >= 11 is 0. The van der Waals surface area contributed by atoms with Crippen molar-refractivity contribution < 1.29 is 0 Å². The highest BCUT2D eigenvalue weighted by atomic mass is 15.2. The molecule has 4 heteroatoms. The Balaban J connectivity index is 1.71. The quantitative estimate of drug-likeness (QED) is 0.862. The van der Waals surface area contributed by atoms with Gasteiger partial charge in [0.05, 0.1) is 0 Å². The molecule has 0 radical (unpaired) electrons. The molecule has 2 aromatic rings. The van der Waals surface area contributed by atoms with Gasteiger partial charge in [-0.15, -0.1) is 0 Å². The molecule has 0 amide bonds. The number of rotatable bonds is 4. The Hall–Kier alpha value is -1.81. The van der Waals surface area contributed by atoms with Gasteiger partial charge in [0.25, 0.3) is 0 Å². The fourth-order valence-electron chi connectivity index (χ4n) is 2.55. The topological polar surface area (TPSA) is 44.0 Å². The fourth-order valence-corrected chi connectivity index (χ4v) is 2.55. The van der Waals surface area contributed by atoms with Crippen LogP contribution in [0.25, 0.3) is 0 Å². The van der Waals surface area contributed by atoms with Crippen LogP contribution in [0, 0.1) is 0 Å². The maximum atomic E-state index is 3.98. The van der Waals surface area contributed by atoms with E-state index in [4.69, 9.17) is 0 Å². The number of benzene rings is 1. The number of hydrogen-bond donors (Lipinski definition) is 2. The van der Waals surface area contributed by atoms with Crippen LogP contribution >= 0.6 is 0 Å². The van der Waals surface area contributed by atoms with E-state index in [9.17, 15) is 0 Å². The number of aromatic nitrogens is 2. The lowest BCUT2D eigenvalue weighted by Crippen LogP contribution is -2.18. The van der Waals surface area contributed by atoms with Gasteiger partial charge in [-0.05, 0) is 30.7 Å². The van der Waals surface area contributed by atoms with Gasteiger partial charge < -0.3 is 5.32 Å². The summed E-state index contributed by atoms with van der Waals surface area (Å²) in [5.74, 6) is 0. The second-order valence-electron chi connectivity index (χ2n) is 4.88. The Bertz CT molecular complexity index is 519. The van der Waals surface area contributed by atoms with Crippen LogP contribution in [0.2, 0.25) is 0 Å². The number of H-pyrrole nitrogens is 1. The summed E-state index contributed by atoms with van der Waals surface area (Å²) in [7, 11) is 2.13. The molecule has 0 aliphatic carbocycles. The number of nitrogens with zero attached hydrogens (tertiary/aromatic N) is 2. The molecule has 2 heterocycles. The Labute approximate surface area is 107 Å². The lowest BCUT2D eigenvalue weighted by Gasteiger charge is -2.18. The first-order valence-corrected chi connectivity index (χ1v) is 6.34. The number of para-hydroxylation sites is 1. The zero-order valence-electron chi connectivity index (χ0n) is 10.6. The van der Waals surface area contributed by atoms with E-state index in [-0.39, 0.29) is 0 Å². The van der Waals surface area contributed by atoms with Crippen LogP contribution in [-0.2, 0) is 19.5 Å². The van der Waals surface area contributed by atoms with Crippen molar-refractivity contribution in [3.63, 3.8) is 0 Å². The fraction of sp³-hybridized carbons (Fsp3) is 0.357. The summed E-state index contributed by atoms with van der Waals surface area (Å²) in [5, 5.41) is 10.5. The molecular weight excluding hydrogens is 224 g/mol. The van der Waals surface area contributed by atoms with Crippen molar-refractivity contribution in [3.05, 3.63) is 47.3 Å². The number of hydrogen-bond acceptors (Lipinski definition) is 3. The predicted molar refractivity (Wildman–Crippen MR) is 72.4 cm³/mol. The van der Waals surface area contributed by atoms with Crippen LogP contribution in [0.5, 0.6) is 0 Å². The molecule has 0 bridgehead atoms. The summed E-state index contributed by atoms with van der Waals surface area (Å²) in [6, 6.07) is 8.60. The molecule has 0 spiro atoms. The first-order valence-electron chi connectivity index (χ1n) is 6.34. The summed E-state index contributed by atoms with van der Waals surface area (Å²) in [6.07, 6.45) is 2.94. The van der Waals surface area contributed by atoms with Crippen LogP contribution in [0.4, 0.5) is 5.69 Å². The second-order valence-corrected chi connectivity index (χ2v) is 4.88. The third-order valence-corrected chi connectivity index (χ3v) is 3.37. The molecule has 1 aliphatic rings. The smallest absolute Gasteiger partial charge is 0.0492 e. The van der Waals surface area contributed by atoms with Gasteiger partial charge in [-0.25, -0.2) is 0 Å². The van der Waals surface area contributed by atoms with Gasteiger partial charge in [0, 0.05) is 37.2 Å². The van der Waals surface area contributed by atoms with E-state index < -0.39 is 0 Å². The van der Waals surface area contributed by atoms with E-state index >= 15 is 0 Å². The molecule has 0 atom stereocenters. The van der Waals surface area contributed by atoms with Crippen molar-refractivity contribution in [1.29, 1.82) is 0 Å². The third kappa shape index (κ3) is 2.24. The minimum atomic E-state index is 0.893. The van der Waals surface area contributed by atoms with Gasteiger partial charge in [-0.3, -0.25) is 10.00 Å². The van der Waals surface area contributed by atoms with Gasteiger partial charge in [0.15, 0.2) is 0 Å². The number of fused-ring (bicyclic) bond motifs is 1. The normalized spacial score (nSPS) is 13.7. The third-order valence-electron chi connectivity index (χ3n) is 3.37. The standard InChI is InChI=1S/C14H18N4/c1-18(10-13-6-8-16-17-13)9-12-4-2-3-11-5-7-15-14(11)12/h2-4,6,8,15H,5,7,9-10H2,1H3,(H,16,17). The maximum Gasteiger partial charge on any atom is 0.0492 e. The van der Waals surface area contributed by atoms with Crippen molar-refractivity contribution in [3.8, 4) is 0 Å². The summed E-state index contributed by atoms with van der Waals surface area (Å²) in [5.41, 5.74) is 5.32. The molecule has 3 rings (SSSR count). The minimum absolute atomic E-state index is 0.893. The van der Waals surface area contributed by atoms with Gasteiger partial charge >= 0.3 is 0 Å². The van der Waals surface area contributed by atoms with Gasteiger partial charge in [-0.2, -0.15) is 5.10 Å². The SMILES string of the molecule is CN(Cc1ccn[nH]1)Cc1cccc2c1NCC2. The van der Waals surface area contributed by atoms with E-state index in [0.29, 0.717) is 0 Å². The van der Waals surface area contributed by atoms with E-state index in [1.165, 1.54) is 16.8 Å². The van der Waals surface area contributed by atoms with Crippen LogP contribution in [0.3, 0.4) is 0 Å². The minimum Gasteiger partial charge on any atom is -0.384 e. The van der Waals surface area contributed by atoms with Crippen LogP contribution in [0.15, 0.2) is 30.5 Å². The zero-order valence-corrected chi connectivity index (χ0v) is 10.6. The molecule has 0 saturated heterocycles. The number of aromatic amines is 1. The molecule has 18 heavy (non-hydrogen) atoms. The van der Waals surface area contributed by atoms with Crippen molar-refractivity contribution in [1.82, 2.24) is 15.1 Å². The zero-order chi connectivity index (χ0) is 12.4. The molecule has 4 nitrogen and oxygen atoms in total. The molecular formula is C14H18N4. The Kier molecular flexibility index (Phi) is 3.02. The Morgan fingerprint density at radius 1 is 1.28 bits per heavy atom. The molecule has 1 aromatic heterocycles. The van der Waals surface area contributed by atoms with Gasteiger partial charge in [-0.1, -0.05) is 18.2 Å². The first-order chi connectivity index (χ1) is 8.83. The Morgan fingerprint density at radius 3 is 3.06 bits per heavy atom. The van der Waals surface area contributed by atoms with Crippen molar-refractivity contribution in [2.24, 2.45) is 0 Å². The van der Waals surface area contributed by atoms with E-state index in [2.05, 4.69) is 45.7 Å². The summed E-state index contributed by atoms with van der Waals surface area (Å²) in [4.78, 5) is 2.29. The largest absolute Gasteiger partial charge is 0.384 e. The highest BCUT2D eigenvalue weighted by molar-refractivity contribution is 5.61.